The van der Waals surface area contributed by atoms with Crippen molar-refractivity contribution >= 4 is 17.0 Å². The Hall–Kier alpha value is -1.43. The highest BCUT2D eigenvalue weighted by Gasteiger charge is 2.24. The van der Waals surface area contributed by atoms with Crippen LogP contribution in [0.3, 0.4) is 0 Å². The second-order valence-corrected chi connectivity index (χ2v) is 6.70. The number of nitrogen functional groups attached to an aromatic ring is 1. The van der Waals surface area contributed by atoms with E-state index in [-0.39, 0.29) is 0 Å². The van der Waals surface area contributed by atoms with E-state index in [0.29, 0.717) is 6.04 Å². The van der Waals surface area contributed by atoms with Crippen molar-refractivity contribution in [1.29, 1.82) is 0 Å². The summed E-state index contributed by atoms with van der Waals surface area (Å²) in [6, 6.07) is 8.33. The van der Waals surface area contributed by atoms with Crippen LogP contribution in [0, 0.1) is 0 Å². The Balaban J connectivity index is 1.86. The number of nitrogens with zero attached hydrogens (tertiary/aromatic N) is 3. The van der Waals surface area contributed by atoms with E-state index in [1.54, 1.807) is 11.3 Å². The molecule has 1 saturated heterocycles. The number of hydrogen-bond acceptors (Lipinski definition) is 5. The second-order valence-electron chi connectivity index (χ2n) is 5.81. The summed E-state index contributed by atoms with van der Waals surface area (Å²) in [4.78, 5) is 9.69. The predicted molar refractivity (Wildman–Crippen MR) is 89.4 cm³/mol. The Kier molecular flexibility index (Phi) is 4.24. The SMILES string of the molecule is CN1CCCN(C)C(c2nc(-c3cccc(N)c3)cs2)C1. The fourth-order valence-corrected chi connectivity index (χ4v) is 3.79. The van der Waals surface area contributed by atoms with Gasteiger partial charge in [-0.2, -0.15) is 0 Å². The van der Waals surface area contributed by atoms with E-state index in [1.165, 1.54) is 11.4 Å². The average molecular weight is 302 g/mol. The van der Waals surface area contributed by atoms with Crippen LogP contribution >= 0.6 is 11.3 Å². The minimum absolute atomic E-state index is 0.386. The third-order valence-electron chi connectivity index (χ3n) is 4.06. The average Bonchev–Trinajstić information content (AvgIpc) is 2.87. The van der Waals surface area contributed by atoms with E-state index < -0.39 is 0 Å². The molecular weight excluding hydrogens is 280 g/mol. The molecule has 0 amide bonds. The Labute approximate surface area is 130 Å². The van der Waals surface area contributed by atoms with Crippen molar-refractivity contribution in [3.05, 3.63) is 34.7 Å². The highest BCUT2D eigenvalue weighted by molar-refractivity contribution is 7.10. The number of nitrogens with two attached hydrogens (primary N) is 1. The molecule has 1 aromatic carbocycles. The van der Waals surface area contributed by atoms with Gasteiger partial charge in [-0.25, -0.2) is 4.98 Å². The summed E-state index contributed by atoms with van der Waals surface area (Å²) in [6.07, 6.45) is 1.22. The Morgan fingerprint density at radius 3 is 2.95 bits per heavy atom. The molecule has 1 unspecified atom stereocenters. The molecule has 1 atom stereocenters. The summed E-state index contributed by atoms with van der Waals surface area (Å²) in [5.74, 6) is 0. The highest BCUT2D eigenvalue weighted by atomic mass is 32.1. The number of hydrogen-bond donors (Lipinski definition) is 1. The van der Waals surface area contributed by atoms with Crippen molar-refractivity contribution < 1.29 is 0 Å². The maximum atomic E-state index is 5.87. The summed E-state index contributed by atoms with van der Waals surface area (Å²) in [6.45, 7) is 3.33. The van der Waals surface area contributed by atoms with Gasteiger partial charge in [-0.1, -0.05) is 12.1 Å². The van der Waals surface area contributed by atoms with Crippen LogP contribution < -0.4 is 5.73 Å². The van der Waals surface area contributed by atoms with Gasteiger partial charge in [-0.05, 0) is 45.7 Å². The number of thiazole rings is 1. The molecule has 1 aliphatic heterocycles. The quantitative estimate of drug-likeness (QED) is 0.866. The summed E-state index contributed by atoms with van der Waals surface area (Å²) in [5, 5.41) is 3.34. The van der Waals surface area contributed by atoms with Crippen LogP contribution in [0.4, 0.5) is 5.69 Å². The van der Waals surface area contributed by atoms with E-state index >= 15 is 0 Å². The molecule has 1 aromatic heterocycles. The molecule has 0 spiro atoms. The zero-order valence-corrected chi connectivity index (χ0v) is 13.4. The number of anilines is 1. The van der Waals surface area contributed by atoms with Gasteiger partial charge in [0.15, 0.2) is 0 Å². The molecule has 0 saturated carbocycles. The monoisotopic (exact) mass is 302 g/mol. The molecular formula is C16H22N4S. The zero-order valence-electron chi connectivity index (χ0n) is 12.6. The first-order valence-corrected chi connectivity index (χ1v) is 8.21. The molecule has 0 radical (unpaired) electrons. The molecule has 0 aliphatic carbocycles. The van der Waals surface area contributed by atoms with Gasteiger partial charge in [-0.3, -0.25) is 4.90 Å². The minimum Gasteiger partial charge on any atom is -0.399 e. The summed E-state index contributed by atoms with van der Waals surface area (Å²) in [7, 11) is 4.39. The fraction of sp³-hybridized carbons (Fsp3) is 0.438. The van der Waals surface area contributed by atoms with Gasteiger partial charge in [0.2, 0.25) is 0 Å². The molecule has 2 heterocycles. The van der Waals surface area contributed by atoms with E-state index in [9.17, 15) is 0 Å². The third-order valence-corrected chi connectivity index (χ3v) is 5.00. The third kappa shape index (κ3) is 3.26. The maximum Gasteiger partial charge on any atom is 0.112 e. The molecule has 5 heteroatoms. The van der Waals surface area contributed by atoms with Crippen molar-refractivity contribution in [3.8, 4) is 11.3 Å². The van der Waals surface area contributed by atoms with Gasteiger partial charge in [0.05, 0.1) is 11.7 Å². The summed E-state index contributed by atoms with van der Waals surface area (Å²) in [5.41, 5.74) is 8.78. The van der Waals surface area contributed by atoms with Crippen LogP contribution in [0.2, 0.25) is 0 Å². The van der Waals surface area contributed by atoms with E-state index in [2.05, 4.69) is 35.3 Å². The predicted octanol–water partition coefficient (Wildman–Crippen LogP) is 2.70. The Bertz CT molecular complexity index is 610. The molecule has 2 aromatic rings. The van der Waals surface area contributed by atoms with Crippen molar-refractivity contribution in [2.75, 3.05) is 39.5 Å². The van der Waals surface area contributed by atoms with Gasteiger partial charge in [-0.15, -0.1) is 11.3 Å². The molecule has 2 N–H and O–H groups in total. The molecule has 112 valence electrons. The first-order valence-electron chi connectivity index (χ1n) is 7.33. The summed E-state index contributed by atoms with van der Waals surface area (Å²) >= 11 is 1.75. The molecule has 1 aliphatic rings. The van der Waals surface area contributed by atoms with Crippen molar-refractivity contribution in [1.82, 2.24) is 14.8 Å². The standard InChI is InChI=1S/C16H22N4S/c1-19-7-4-8-20(2)15(10-19)16-18-14(11-21-16)12-5-3-6-13(17)9-12/h3,5-6,9,11,15H,4,7-8,10,17H2,1-2H3. The number of likely N-dealkylation sites (N-methyl/N-ethyl adjacent to an activating group) is 2. The van der Waals surface area contributed by atoms with Gasteiger partial charge in [0.25, 0.3) is 0 Å². The Morgan fingerprint density at radius 2 is 2.14 bits per heavy atom. The first-order chi connectivity index (χ1) is 10.1. The molecule has 1 fully saturated rings. The second kappa shape index (κ2) is 6.13. The largest absolute Gasteiger partial charge is 0.399 e. The van der Waals surface area contributed by atoms with Crippen molar-refractivity contribution in [2.24, 2.45) is 0 Å². The van der Waals surface area contributed by atoms with Gasteiger partial charge in [0, 0.05) is 23.2 Å². The molecule has 0 bridgehead atoms. The zero-order chi connectivity index (χ0) is 14.8. The number of benzene rings is 1. The van der Waals surface area contributed by atoms with Crippen LogP contribution in [-0.4, -0.2) is 48.5 Å². The lowest BCUT2D eigenvalue weighted by atomic mass is 10.1. The van der Waals surface area contributed by atoms with Gasteiger partial charge in [0.1, 0.15) is 5.01 Å². The van der Waals surface area contributed by atoms with E-state index in [4.69, 9.17) is 10.7 Å². The topological polar surface area (TPSA) is 45.4 Å². The molecule has 3 rings (SSSR count). The smallest absolute Gasteiger partial charge is 0.112 e. The van der Waals surface area contributed by atoms with Crippen LogP contribution in [0.25, 0.3) is 11.3 Å². The van der Waals surface area contributed by atoms with Crippen LogP contribution in [0.15, 0.2) is 29.6 Å². The lowest BCUT2D eigenvalue weighted by molar-refractivity contribution is 0.228. The van der Waals surface area contributed by atoms with E-state index in [1.807, 2.05) is 18.2 Å². The maximum absolute atomic E-state index is 5.87. The molecule has 4 nitrogen and oxygen atoms in total. The lowest BCUT2D eigenvalue weighted by Gasteiger charge is -2.25. The lowest BCUT2D eigenvalue weighted by Crippen LogP contribution is -2.30. The number of aromatic nitrogens is 1. The highest BCUT2D eigenvalue weighted by Crippen LogP contribution is 2.30. The van der Waals surface area contributed by atoms with E-state index in [0.717, 1.165) is 36.6 Å². The first kappa shape index (κ1) is 14.5. The summed E-state index contributed by atoms with van der Waals surface area (Å²) < 4.78 is 0. The van der Waals surface area contributed by atoms with Crippen LogP contribution in [0.1, 0.15) is 17.5 Å². The van der Waals surface area contributed by atoms with Crippen LogP contribution in [-0.2, 0) is 0 Å². The molecule has 21 heavy (non-hydrogen) atoms. The normalized spacial score (nSPS) is 21.3. The van der Waals surface area contributed by atoms with Gasteiger partial charge >= 0.3 is 0 Å². The number of rotatable bonds is 2. The minimum atomic E-state index is 0.386. The van der Waals surface area contributed by atoms with Crippen molar-refractivity contribution in [3.63, 3.8) is 0 Å². The van der Waals surface area contributed by atoms with Crippen LogP contribution in [0.5, 0.6) is 0 Å². The Morgan fingerprint density at radius 1 is 1.29 bits per heavy atom. The van der Waals surface area contributed by atoms with Crippen molar-refractivity contribution in [2.45, 2.75) is 12.5 Å². The van der Waals surface area contributed by atoms with Gasteiger partial charge < -0.3 is 10.6 Å². The fourth-order valence-electron chi connectivity index (χ4n) is 2.81.